The van der Waals surface area contributed by atoms with E-state index in [4.69, 9.17) is 4.74 Å². The van der Waals surface area contributed by atoms with E-state index in [9.17, 15) is 4.79 Å². The molecule has 3 nitrogen and oxygen atoms in total. The molecule has 1 unspecified atom stereocenters. The second-order valence-corrected chi connectivity index (χ2v) is 6.91. The summed E-state index contributed by atoms with van der Waals surface area (Å²) in [6.45, 7) is 0.514. The summed E-state index contributed by atoms with van der Waals surface area (Å²) in [6, 6.07) is 17.8. The first-order valence-corrected chi connectivity index (χ1v) is 9.53. The number of carbonyl (C=O) groups is 1. The number of nitrogens with one attached hydrogen (secondary N) is 1. The Morgan fingerprint density at radius 1 is 1.12 bits per heavy atom. The maximum absolute atomic E-state index is 12.1. The number of allylic oxidation sites excluding steroid dienone is 3. The molecule has 1 N–H and O–H groups in total. The molecule has 2 aromatic rings. The zero-order chi connectivity index (χ0) is 18.6. The third-order valence-electron chi connectivity index (χ3n) is 3.83. The van der Waals surface area contributed by atoms with Crippen molar-refractivity contribution in [3.05, 3.63) is 84.0 Å². The first kappa shape index (κ1) is 20.0. The van der Waals surface area contributed by atoms with Gasteiger partial charge in [-0.25, -0.2) is 0 Å². The van der Waals surface area contributed by atoms with Gasteiger partial charge in [0.2, 0.25) is 5.91 Å². The van der Waals surface area contributed by atoms with Gasteiger partial charge in [0.25, 0.3) is 0 Å². The quantitative estimate of drug-likeness (QED) is 0.457. The Labute approximate surface area is 163 Å². The van der Waals surface area contributed by atoms with Gasteiger partial charge in [0.15, 0.2) is 0 Å². The Hall–Kier alpha value is -2.33. The lowest BCUT2D eigenvalue weighted by molar-refractivity contribution is -0.120. The van der Waals surface area contributed by atoms with E-state index in [-0.39, 0.29) is 10.7 Å². The lowest BCUT2D eigenvalue weighted by Crippen LogP contribution is -2.30. The molecular weight excluding hydrogens is 390 g/mol. The molecule has 0 saturated heterocycles. The maximum atomic E-state index is 12.1. The van der Waals surface area contributed by atoms with E-state index in [2.05, 4.69) is 45.5 Å². The first-order valence-electron chi connectivity index (χ1n) is 8.62. The maximum Gasteiger partial charge on any atom is 0.234 e. The summed E-state index contributed by atoms with van der Waals surface area (Å²) >= 11 is 3.46. The van der Waals surface area contributed by atoms with Crippen LogP contribution in [0.2, 0.25) is 0 Å². The number of ether oxygens (including phenoxy) is 1. The molecule has 2 aromatic carbocycles. The molecule has 0 aliphatic rings. The highest BCUT2D eigenvalue weighted by molar-refractivity contribution is 9.10. The number of halogens is 1. The number of rotatable bonds is 9. The van der Waals surface area contributed by atoms with E-state index in [1.54, 1.807) is 7.11 Å². The average molecular weight is 414 g/mol. The lowest BCUT2D eigenvalue weighted by atomic mass is 10.2. The molecular formula is C22H24BrNO2. The number of carbonyl (C=O) groups excluding carboxylic acids is 1. The number of amides is 1. The largest absolute Gasteiger partial charge is 0.497 e. The van der Waals surface area contributed by atoms with E-state index < -0.39 is 0 Å². The van der Waals surface area contributed by atoms with Crippen molar-refractivity contribution in [3.63, 3.8) is 0 Å². The van der Waals surface area contributed by atoms with Crippen molar-refractivity contribution in [2.45, 2.75) is 24.2 Å². The molecule has 1 atom stereocenters. The molecule has 2 rings (SSSR count). The zero-order valence-electron chi connectivity index (χ0n) is 14.9. The number of hydrogen-bond acceptors (Lipinski definition) is 2. The van der Waals surface area contributed by atoms with Crippen molar-refractivity contribution >= 4 is 27.9 Å². The van der Waals surface area contributed by atoms with Gasteiger partial charge in [-0.3, -0.25) is 4.79 Å². The summed E-state index contributed by atoms with van der Waals surface area (Å²) in [5.74, 6) is 0.820. The highest BCUT2D eigenvalue weighted by Crippen LogP contribution is 2.12. The SMILES string of the molecule is COc1ccc(CNC(=O)C(Br)CC/C=C/C=C/c2ccccc2)cc1. The molecule has 0 heterocycles. The van der Waals surface area contributed by atoms with Crippen LogP contribution < -0.4 is 10.1 Å². The second-order valence-electron chi connectivity index (χ2n) is 5.81. The standard InChI is InChI=1S/C22H24BrNO2/c1-26-20-15-13-19(14-16-20)17-24-22(25)21(23)12-8-3-2-5-9-18-10-6-4-7-11-18/h2-7,9-11,13-16,21H,8,12,17H2,1H3,(H,24,25)/b3-2+,9-5+. The highest BCUT2D eigenvalue weighted by atomic mass is 79.9. The minimum atomic E-state index is -0.191. The predicted octanol–water partition coefficient (Wildman–Crippen LogP) is 5.12. The number of hydrogen-bond donors (Lipinski definition) is 1. The van der Waals surface area contributed by atoms with Crippen LogP contribution in [-0.4, -0.2) is 17.8 Å². The van der Waals surface area contributed by atoms with Crippen LogP contribution in [0.15, 0.2) is 72.8 Å². The molecule has 0 fully saturated rings. The summed E-state index contributed by atoms with van der Waals surface area (Å²) in [7, 11) is 1.64. The molecule has 0 aliphatic carbocycles. The monoisotopic (exact) mass is 413 g/mol. The van der Waals surface area contributed by atoms with Crippen LogP contribution in [0.25, 0.3) is 6.08 Å². The molecule has 4 heteroatoms. The Morgan fingerprint density at radius 2 is 1.85 bits per heavy atom. The zero-order valence-corrected chi connectivity index (χ0v) is 16.5. The van der Waals surface area contributed by atoms with Gasteiger partial charge >= 0.3 is 0 Å². The van der Waals surface area contributed by atoms with Gasteiger partial charge in [0.1, 0.15) is 5.75 Å². The van der Waals surface area contributed by atoms with Gasteiger partial charge in [-0.1, -0.05) is 82.7 Å². The number of benzene rings is 2. The summed E-state index contributed by atoms with van der Waals surface area (Å²) in [4.78, 5) is 11.9. The van der Waals surface area contributed by atoms with Crippen molar-refractivity contribution in [1.29, 1.82) is 0 Å². The van der Waals surface area contributed by atoms with Crippen molar-refractivity contribution in [1.82, 2.24) is 5.32 Å². The van der Waals surface area contributed by atoms with Crippen LogP contribution in [0.5, 0.6) is 5.75 Å². The highest BCUT2D eigenvalue weighted by Gasteiger charge is 2.13. The van der Waals surface area contributed by atoms with Gasteiger partial charge in [-0.2, -0.15) is 0 Å². The van der Waals surface area contributed by atoms with Crippen molar-refractivity contribution in [2.24, 2.45) is 0 Å². The first-order chi connectivity index (χ1) is 12.7. The molecule has 1 amide bonds. The molecule has 26 heavy (non-hydrogen) atoms. The second kappa shape index (κ2) is 11.3. The Kier molecular flexibility index (Phi) is 8.70. The van der Waals surface area contributed by atoms with Crippen molar-refractivity contribution < 1.29 is 9.53 Å². The van der Waals surface area contributed by atoms with Gasteiger partial charge in [0.05, 0.1) is 11.9 Å². The summed E-state index contributed by atoms with van der Waals surface area (Å²) in [5, 5.41) is 2.95. The molecule has 0 spiro atoms. The van der Waals surface area contributed by atoms with E-state index in [0.717, 1.165) is 24.2 Å². The van der Waals surface area contributed by atoms with Gasteiger partial charge in [-0.15, -0.1) is 0 Å². The van der Waals surface area contributed by atoms with Crippen LogP contribution in [0.1, 0.15) is 24.0 Å². The van der Waals surface area contributed by atoms with Gasteiger partial charge < -0.3 is 10.1 Å². The third kappa shape index (κ3) is 7.28. The predicted molar refractivity (Wildman–Crippen MR) is 111 cm³/mol. The van der Waals surface area contributed by atoms with E-state index in [1.807, 2.05) is 54.6 Å². The summed E-state index contributed by atoms with van der Waals surface area (Å²) < 4.78 is 5.12. The normalized spacial score (nSPS) is 12.4. The van der Waals surface area contributed by atoms with Crippen LogP contribution in [0, 0.1) is 0 Å². The molecule has 0 aliphatic heterocycles. The molecule has 0 bridgehead atoms. The van der Waals surface area contributed by atoms with Crippen molar-refractivity contribution in [3.8, 4) is 5.75 Å². The van der Waals surface area contributed by atoms with E-state index in [0.29, 0.717) is 6.54 Å². The molecule has 0 radical (unpaired) electrons. The van der Waals surface area contributed by atoms with E-state index in [1.165, 1.54) is 5.56 Å². The Morgan fingerprint density at radius 3 is 2.54 bits per heavy atom. The number of alkyl halides is 1. The van der Waals surface area contributed by atoms with Crippen LogP contribution >= 0.6 is 15.9 Å². The molecule has 0 saturated carbocycles. The number of methoxy groups -OCH3 is 1. The fourth-order valence-corrected chi connectivity index (χ4v) is 2.75. The smallest absolute Gasteiger partial charge is 0.234 e. The third-order valence-corrected chi connectivity index (χ3v) is 4.71. The van der Waals surface area contributed by atoms with Crippen LogP contribution in [0.3, 0.4) is 0 Å². The average Bonchev–Trinajstić information content (AvgIpc) is 2.69. The fraction of sp³-hybridized carbons (Fsp3) is 0.227. The van der Waals surface area contributed by atoms with Crippen LogP contribution in [-0.2, 0) is 11.3 Å². The summed E-state index contributed by atoms with van der Waals surface area (Å²) in [5.41, 5.74) is 2.22. The minimum absolute atomic E-state index is 0.00838. The Bertz CT molecular complexity index is 724. The molecule has 0 aromatic heterocycles. The molecule has 136 valence electrons. The minimum Gasteiger partial charge on any atom is -0.497 e. The lowest BCUT2D eigenvalue weighted by Gasteiger charge is -2.10. The van der Waals surface area contributed by atoms with E-state index >= 15 is 0 Å². The Balaban J connectivity index is 1.66. The van der Waals surface area contributed by atoms with Crippen LogP contribution in [0.4, 0.5) is 0 Å². The summed E-state index contributed by atoms with van der Waals surface area (Å²) in [6.07, 6.45) is 9.76. The van der Waals surface area contributed by atoms with Gasteiger partial charge in [0, 0.05) is 6.54 Å². The van der Waals surface area contributed by atoms with Crippen molar-refractivity contribution in [2.75, 3.05) is 7.11 Å². The fourth-order valence-electron chi connectivity index (χ4n) is 2.32. The van der Waals surface area contributed by atoms with Gasteiger partial charge in [-0.05, 0) is 36.1 Å². The topological polar surface area (TPSA) is 38.3 Å².